The SMILES string of the molecule is Cc1c(S(C)(=O)=O)cc([N+](=O)[O-])c2sc(NCc3csc(-c4ccccc4)n3)nc(=O)c12. The van der Waals surface area contributed by atoms with E-state index in [0.29, 0.717) is 0 Å². The van der Waals surface area contributed by atoms with E-state index in [4.69, 9.17) is 0 Å². The van der Waals surface area contributed by atoms with Crippen molar-refractivity contribution < 1.29 is 13.3 Å². The highest BCUT2D eigenvalue weighted by atomic mass is 32.2. The van der Waals surface area contributed by atoms with Gasteiger partial charge in [0.25, 0.3) is 11.2 Å². The van der Waals surface area contributed by atoms with E-state index in [-0.39, 0.29) is 32.2 Å². The van der Waals surface area contributed by atoms with Gasteiger partial charge in [-0.05, 0) is 12.5 Å². The predicted molar refractivity (Wildman–Crippen MR) is 125 cm³/mol. The van der Waals surface area contributed by atoms with Crippen LogP contribution in [0, 0.1) is 17.0 Å². The van der Waals surface area contributed by atoms with Crippen molar-refractivity contribution in [1.29, 1.82) is 0 Å². The van der Waals surface area contributed by atoms with Gasteiger partial charge in [0.05, 0.1) is 27.4 Å². The first-order chi connectivity index (χ1) is 15.1. The number of hydrogen-bond donors (Lipinski definition) is 1. The van der Waals surface area contributed by atoms with Crippen LogP contribution in [0.15, 0.2) is 51.5 Å². The number of aryl methyl sites for hydroxylation is 1. The minimum absolute atomic E-state index is 0.0600. The van der Waals surface area contributed by atoms with E-state index in [1.165, 1.54) is 18.3 Å². The van der Waals surface area contributed by atoms with Crippen LogP contribution in [-0.2, 0) is 16.4 Å². The Labute approximate surface area is 190 Å². The van der Waals surface area contributed by atoms with E-state index in [1.54, 1.807) is 0 Å². The van der Waals surface area contributed by atoms with Gasteiger partial charge < -0.3 is 5.32 Å². The molecule has 0 bridgehead atoms. The van der Waals surface area contributed by atoms with Crippen LogP contribution in [0.25, 0.3) is 20.7 Å². The molecule has 1 N–H and O–H groups in total. The van der Waals surface area contributed by atoms with Crippen LogP contribution in [0.1, 0.15) is 11.3 Å². The highest BCUT2D eigenvalue weighted by molar-refractivity contribution is 7.90. The molecule has 0 aliphatic carbocycles. The third-order valence-electron chi connectivity index (χ3n) is 4.68. The average molecular weight is 489 g/mol. The summed E-state index contributed by atoms with van der Waals surface area (Å²) >= 11 is 2.41. The second-order valence-electron chi connectivity index (χ2n) is 6.94. The van der Waals surface area contributed by atoms with Crippen LogP contribution in [0.3, 0.4) is 0 Å². The zero-order valence-electron chi connectivity index (χ0n) is 16.9. The number of nitrogens with one attached hydrogen (secondary N) is 1. The largest absolute Gasteiger partial charge is 0.356 e. The number of thiazole rings is 1. The molecule has 0 aliphatic rings. The van der Waals surface area contributed by atoms with Crippen LogP contribution in [0.4, 0.5) is 10.8 Å². The summed E-state index contributed by atoms with van der Waals surface area (Å²) < 4.78 is 24.2. The predicted octanol–water partition coefficient (Wildman–Crippen LogP) is 4.01. The number of rotatable bonds is 6. The molecular formula is C20H16N4O5S3. The lowest BCUT2D eigenvalue weighted by Gasteiger charge is -2.09. The van der Waals surface area contributed by atoms with Crippen LogP contribution >= 0.6 is 22.7 Å². The van der Waals surface area contributed by atoms with Gasteiger partial charge in [-0.1, -0.05) is 41.7 Å². The molecule has 4 aromatic rings. The van der Waals surface area contributed by atoms with Crippen molar-refractivity contribution in [1.82, 2.24) is 9.97 Å². The van der Waals surface area contributed by atoms with Crippen molar-refractivity contribution in [2.45, 2.75) is 18.4 Å². The topological polar surface area (TPSA) is 132 Å². The van der Waals surface area contributed by atoms with Crippen LogP contribution in [-0.4, -0.2) is 29.6 Å². The maximum atomic E-state index is 12.7. The van der Waals surface area contributed by atoms with Gasteiger partial charge in [-0.2, -0.15) is 4.98 Å². The quantitative estimate of drug-likeness (QED) is 0.318. The molecule has 0 amide bonds. The summed E-state index contributed by atoms with van der Waals surface area (Å²) in [5.74, 6) is 0. The van der Waals surface area contributed by atoms with Gasteiger partial charge in [-0.15, -0.1) is 11.3 Å². The van der Waals surface area contributed by atoms with E-state index in [1.807, 2.05) is 35.7 Å². The molecule has 0 saturated heterocycles. The Hall–Kier alpha value is -3.22. The van der Waals surface area contributed by atoms with Crippen molar-refractivity contribution in [3.8, 4) is 10.6 Å². The molecule has 0 saturated carbocycles. The Morgan fingerprint density at radius 2 is 1.91 bits per heavy atom. The lowest BCUT2D eigenvalue weighted by atomic mass is 10.1. The molecule has 2 aromatic heterocycles. The molecule has 0 radical (unpaired) electrons. The summed E-state index contributed by atoms with van der Waals surface area (Å²) in [7, 11) is -3.76. The first kappa shape index (κ1) is 22.0. The van der Waals surface area contributed by atoms with Crippen molar-refractivity contribution >= 4 is 53.4 Å². The second kappa shape index (κ2) is 8.37. The van der Waals surface area contributed by atoms with Crippen molar-refractivity contribution in [2.24, 2.45) is 0 Å². The third-order valence-corrected chi connectivity index (χ3v) is 7.89. The van der Waals surface area contributed by atoms with Gasteiger partial charge in [0.1, 0.15) is 9.71 Å². The Morgan fingerprint density at radius 1 is 1.19 bits per heavy atom. The molecule has 0 atom stereocenters. The Kier molecular flexibility index (Phi) is 5.75. The third kappa shape index (κ3) is 4.24. The fourth-order valence-electron chi connectivity index (χ4n) is 3.21. The molecule has 2 aromatic carbocycles. The molecule has 0 spiro atoms. The van der Waals surface area contributed by atoms with Crippen LogP contribution < -0.4 is 10.9 Å². The lowest BCUT2D eigenvalue weighted by molar-refractivity contribution is -0.383. The lowest BCUT2D eigenvalue weighted by Crippen LogP contribution is -2.13. The Morgan fingerprint density at radius 3 is 2.56 bits per heavy atom. The highest BCUT2D eigenvalue weighted by Crippen LogP contribution is 2.36. The number of nitro groups is 1. The van der Waals surface area contributed by atoms with Crippen molar-refractivity contribution in [3.05, 3.63) is 73.5 Å². The van der Waals surface area contributed by atoms with Crippen molar-refractivity contribution in [2.75, 3.05) is 11.6 Å². The molecule has 32 heavy (non-hydrogen) atoms. The standard InChI is InChI=1S/C20H16N4O5S3/c1-11-15(32(2,28)29)8-14(24(26)27)17-16(11)18(25)23-20(31-17)21-9-13-10-30-19(22-13)12-6-4-3-5-7-12/h3-8,10H,9H2,1-2H3,(H,21,23,25). The molecule has 0 fully saturated rings. The average Bonchev–Trinajstić information content (AvgIpc) is 3.21. The van der Waals surface area contributed by atoms with Crippen molar-refractivity contribution in [3.63, 3.8) is 0 Å². The molecule has 2 heterocycles. The number of nitrogens with zero attached hydrogens (tertiary/aromatic N) is 3. The van der Waals surface area contributed by atoms with Crippen LogP contribution in [0.5, 0.6) is 0 Å². The smallest absolute Gasteiger partial charge is 0.288 e. The normalized spacial score (nSPS) is 11.6. The summed E-state index contributed by atoms with van der Waals surface area (Å²) in [6, 6.07) is 10.7. The highest BCUT2D eigenvalue weighted by Gasteiger charge is 2.25. The monoisotopic (exact) mass is 488 g/mol. The molecule has 12 heteroatoms. The molecule has 164 valence electrons. The minimum atomic E-state index is -3.76. The second-order valence-corrected chi connectivity index (χ2v) is 10.8. The number of hydrogen-bond acceptors (Lipinski definition) is 10. The first-order valence-electron chi connectivity index (χ1n) is 9.21. The first-order valence-corrected chi connectivity index (χ1v) is 12.8. The Bertz CT molecular complexity index is 1510. The van der Waals surface area contributed by atoms with Gasteiger partial charge in [-0.25, -0.2) is 13.4 Å². The number of benzene rings is 2. The summed E-state index contributed by atoms with van der Waals surface area (Å²) in [6.07, 6.45) is 0.944. The summed E-state index contributed by atoms with van der Waals surface area (Å²) in [4.78, 5) is 31.9. The fraction of sp³-hybridized carbons (Fsp3) is 0.150. The summed E-state index contributed by atoms with van der Waals surface area (Å²) in [6.45, 7) is 1.72. The molecule has 0 aliphatic heterocycles. The van der Waals surface area contributed by atoms with E-state index >= 15 is 0 Å². The van der Waals surface area contributed by atoms with Gasteiger partial charge in [0.2, 0.25) is 0 Å². The molecular weight excluding hydrogens is 472 g/mol. The Balaban J connectivity index is 1.71. The summed E-state index contributed by atoms with van der Waals surface area (Å²) in [5, 5.41) is 17.5. The minimum Gasteiger partial charge on any atom is -0.356 e. The molecule has 0 unspecified atom stereocenters. The number of sulfone groups is 1. The van der Waals surface area contributed by atoms with E-state index in [9.17, 15) is 23.3 Å². The number of anilines is 1. The molecule has 4 rings (SSSR count). The van der Waals surface area contributed by atoms with Gasteiger partial charge in [0, 0.05) is 23.3 Å². The summed E-state index contributed by atoms with van der Waals surface area (Å²) in [5.41, 5.74) is 0.702. The number of nitro benzene ring substituents is 1. The number of non-ortho nitro benzene ring substituents is 1. The fourth-order valence-corrected chi connectivity index (χ4v) is 6.07. The maximum absolute atomic E-state index is 12.7. The van der Waals surface area contributed by atoms with Crippen LogP contribution in [0.2, 0.25) is 0 Å². The number of aromatic nitrogens is 2. The van der Waals surface area contributed by atoms with E-state index in [0.717, 1.165) is 39.9 Å². The van der Waals surface area contributed by atoms with E-state index in [2.05, 4.69) is 15.3 Å². The maximum Gasteiger partial charge on any atom is 0.288 e. The zero-order valence-corrected chi connectivity index (χ0v) is 19.3. The van der Waals surface area contributed by atoms with E-state index < -0.39 is 26.0 Å². The molecule has 9 nitrogen and oxygen atoms in total. The zero-order chi connectivity index (χ0) is 23.0. The van der Waals surface area contributed by atoms with Gasteiger partial charge >= 0.3 is 0 Å². The van der Waals surface area contributed by atoms with Gasteiger partial charge in [-0.3, -0.25) is 14.9 Å². The number of fused-ring (bicyclic) bond motifs is 1. The van der Waals surface area contributed by atoms with Gasteiger partial charge in [0.15, 0.2) is 15.0 Å².